The Morgan fingerprint density at radius 3 is 2.37 bits per heavy atom. The first-order valence-electron chi connectivity index (χ1n) is 9.59. The Hall–Kier alpha value is -3.01. The molecule has 0 aliphatic heterocycles. The van der Waals surface area contributed by atoms with Gasteiger partial charge in [0.2, 0.25) is 0 Å². The molecule has 4 aromatic carbocycles. The third kappa shape index (κ3) is 4.76. The molecule has 0 aromatic heterocycles. The molecule has 4 rings (SSSR count). The number of hydrazone groups is 1. The molecule has 0 spiro atoms. The number of fused-ring (bicyclic) bond motifs is 1. The van der Waals surface area contributed by atoms with Crippen LogP contribution in [0.15, 0.2) is 90.0 Å². The standard InChI is InChI=1S/C25H20Cl2N2O/c26-23-12-6-13-24(27)22(23)16-29-28-15-19-8-2-4-14-25(19)30-17-20-10-5-9-18-7-1-3-11-21(18)20/h1-15,29H,16-17H2/b28-15+. The minimum Gasteiger partial charge on any atom is -0.488 e. The van der Waals surface area contributed by atoms with E-state index in [0.717, 1.165) is 22.4 Å². The van der Waals surface area contributed by atoms with E-state index in [1.54, 1.807) is 6.21 Å². The molecule has 0 bridgehead atoms. The molecule has 0 saturated heterocycles. The number of nitrogens with one attached hydrogen (secondary N) is 1. The highest BCUT2D eigenvalue weighted by Gasteiger charge is 2.06. The maximum Gasteiger partial charge on any atom is 0.128 e. The maximum absolute atomic E-state index is 6.20. The Bertz CT molecular complexity index is 1170. The van der Waals surface area contributed by atoms with Gasteiger partial charge in [-0.25, -0.2) is 0 Å². The van der Waals surface area contributed by atoms with Crippen LogP contribution >= 0.6 is 23.2 Å². The van der Waals surface area contributed by atoms with Gasteiger partial charge in [-0.05, 0) is 40.6 Å². The second-order valence-corrected chi connectivity index (χ2v) is 7.57. The van der Waals surface area contributed by atoms with E-state index < -0.39 is 0 Å². The minimum absolute atomic E-state index is 0.439. The monoisotopic (exact) mass is 434 g/mol. The fourth-order valence-corrected chi connectivity index (χ4v) is 3.76. The zero-order valence-electron chi connectivity index (χ0n) is 16.2. The van der Waals surface area contributed by atoms with Gasteiger partial charge in [-0.3, -0.25) is 0 Å². The zero-order chi connectivity index (χ0) is 20.8. The summed E-state index contributed by atoms with van der Waals surface area (Å²) in [6.07, 6.45) is 1.74. The van der Waals surface area contributed by atoms with Gasteiger partial charge in [-0.2, -0.15) is 5.10 Å². The molecule has 0 unspecified atom stereocenters. The highest BCUT2D eigenvalue weighted by molar-refractivity contribution is 6.35. The lowest BCUT2D eigenvalue weighted by Crippen LogP contribution is -2.07. The Morgan fingerprint density at radius 1 is 0.800 bits per heavy atom. The van der Waals surface area contributed by atoms with Crippen molar-refractivity contribution in [1.29, 1.82) is 0 Å². The second-order valence-electron chi connectivity index (χ2n) is 6.76. The van der Waals surface area contributed by atoms with Crippen LogP contribution in [-0.4, -0.2) is 6.21 Å². The quantitative estimate of drug-likeness (QED) is 0.254. The van der Waals surface area contributed by atoms with Crippen LogP contribution < -0.4 is 10.2 Å². The van der Waals surface area contributed by atoms with E-state index in [0.29, 0.717) is 23.2 Å². The molecule has 150 valence electrons. The number of rotatable bonds is 7. The van der Waals surface area contributed by atoms with Crippen LogP contribution in [0.25, 0.3) is 10.8 Å². The summed E-state index contributed by atoms with van der Waals surface area (Å²) in [5, 5.41) is 7.95. The van der Waals surface area contributed by atoms with Crippen LogP contribution in [0.1, 0.15) is 16.7 Å². The van der Waals surface area contributed by atoms with Crippen molar-refractivity contribution in [3.63, 3.8) is 0 Å². The predicted octanol–water partition coefficient (Wildman–Crippen LogP) is 6.85. The van der Waals surface area contributed by atoms with E-state index in [1.807, 2.05) is 54.6 Å². The van der Waals surface area contributed by atoms with E-state index in [9.17, 15) is 0 Å². The van der Waals surface area contributed by atoms with Crippen molar-refractivity contribution in [2.45, 2.75) is 13.2 Å². The molecule has 1 N–H and O–H groups in total. The Balaban J connectivity index is 1.44. The van der Waals surface area contributed by atoms with Crippen molar-refractivity contribution in [3.05, 3.63) is 112 Å². The molecule has 4 aromatic rings. The largest absolute Gasteiger partial charge is 0.488 e. The molecule has 0 saturated carbocycles. The van der Waals surface area contributed by atoms with Crippen LogP contribution in [0.5, 0.6) is 5.75 Å². The number of para-hydroxylation sites is 1. The third-order valence-corrected chi connectivity index (χ3v) is 5.50. The molecule has 0 aliphatic carbocycles. The molecule has 0 radical (unpaired) electrons. The number of hydrogen-bond donors (Lipinski definition) is 1. The first kappa shape index (κ1) is 20.3. The second kappa shape index (κ2) is 9.66. The van der Waals surface area contributed by atoms with E-state index in [1.165, 1.54) is 10.8 Å². The van der Waals surface area contributed by atoms with Gasteiger partial charge in [-0.1, -0.05) is 83.9 Å². The lowest BCUT2D eigenvalue weighted by Gasteiger charge is -2.11. The zero-order valence-corrected chi connectivity index (χ0v) is 17.7. The molecule has 0 fully saturated rings. The minimum atomic E-state index is 0.439. The summed E-state index contributed by atoms with van der Waals surface area (Å²) in [5.74, 6) is 0.770. The smallest absolute Gasteiger partial charge is 0.128 e. The van der Waals surface area contributed by atoms with Crippen molar-refractivity contribution in [2.75, 3.05) is 0 Å². The average molecular weight is 435 g/mol. The van der Waals surface area contributed by atoms with E-state index in [4.69, 9.17) is 27.9 Å². The fraction of sp³-hybridized carbons (Fsp3) is 0.0800. The summed E-state index contributed by atoms with van der Waals surface area (Å²) in [4.78, 5) is 0. The summed E-state index contributed by atoms with van der Waals surface area (Å²) in [6.45, 7) is 0.920. The van der Waals surface area contributed by atoms with Gasteiger partial charge in [-0.15, -0.1) is 0 Å². The maximum atomic E-state index is 6.20. The van der Waals surface area contributed by atoms with Gasteiger partial charge in [0.15, 0.2) is 0 Å². The molecule has 3 nitrogen and oxygen atoms in total. The summed E-state index contributed by atoms with van der Waals surface area (Å²) < 4.78 is 6.12. The number of halogens is 2. The third-order valence-electron chi connectivity index (χ3n) is 4.79. The Kier molecular flexibility index (Phi) is 6.53. The summed E-state index contributed by atoms with van der Waals surface area (Å²) in [7, 11) is 0. The summed E-state index contributed by atoms with van der Waals surface area (Å²) in [6, 6.07) is 27.8. The van der Waals surface area contributed by atoms with Crippen LogP contribution in [0.3, 0.4) is 0 Å². The molecule has 0 aliphatic rings. The van der Waals surface area contributed by atoms with Crippen molar-refractivity contribution < 1.29 is 4.74 Å². The Morgan fingerprint density at radius 2 is 1.50 bits per heavy atom. The van der Waals surface area contributed by atoms with Gasteiger partial charge in [0.25, 0.3) is 0 Å². The van der Waals surface area contributed by atoms with Crippen molar-refractivity contribution >= 4 is 40.2 Å². The van der Waals surface area contributed by atoms with E-state index >= 15 is 0 Å². The average Bonchev–Trinajstić information content (AvgIpc) is 2.77. The summed E-state index contributed by atoms with van der Waals surface area (Å²) >= 11 is 12.4. The van der Waals surface area contributed by atoms with Gasteiger partial charge in [0.05, 0.1) is 12.8 Å². The van der Waals surface area contributed by atoms with E-state index in [2.05, 4.69) is 40.9 Å². The van der Waals surface area contributed by atoms with Crippen LogP contribution in [-0.2, 0) is 13.2 Å². The first-order valence-corrected chi connectivity index (χ1v) is 10.4. The lowest BCUT2D eigenvalue weighted by atomic mass is 10.1. The number of nitrogens with zero attached hydrogens (tertiary/aromatic N) is 1. The van der Waals surface area contributed by atoms with Crippen LogP contribution in [0.4, 0.5) is 0 Å². The van der Waals surface area contributed by atoms with Gasteiger partial charge < -0.3 is 10.2 Å². The lowest BCUT2D eigenvalue weighted by molar-refractivity contribution is 0.307. The van der Waals surface area contributed by atoms with Gasteiger partial charge >= 0.3 is 0 Å². The molecule has 0 heterocycles. The summed E-state index contributed by atoms with van der Waals surface area (Å²) in [5.41, 5.74) is 5.85. The van der Waals surface area contributed by atoms with Crippen LogP contribution in [0.2, 0.25) is 10.0 Å². The van der Waals surface area contributed by atoms with Gasteiger partial charge in [0.1, 0.15) is 12.4 Å². The molecule has 0 amide bonds. The molecule has 0 atom stereocenters. The topological polar surface area (TPSA) is 33.6 Å². The van der Waals surface area contributed by atoms with Crippen molar-refractivity contribution in [3.8, 4) is 5.75 Å². The van der Waals surface area contributed by atoms with Crippen molar-refractivity contribution in [2.24, 2.45) is 5.10 Å². The molecular weight excluding hydrogens is 415 g/mol. The number of hydrogen-bond acceptors (Lipinski definition) is 3. The molecular formula is C25H20Cl2N2O. The predicted molar refractivity (Wildman–Crippen MR) is 126 cm³/mol. The molecule has 5 heteroatoms. The Labute approximate surface area is 185 Å². The highest BCUT2D eigenvalue weighted by Crippen LogP contribution is 2.24. The first-order chi connectivity index (χ1) is 14.7. The number of ether oxygens (including phenoxy) is 1. The number of benzene rings is 4. The normalized spacial score (nSPS) is 11.1. The van der Waals surface area contributed by atoms with Crippen LogP contribution in [0, 0.1) is 0 Å². The SMILES string of the molecule is Clc1cccc(Cl)c1CN/N=C/c1ccccc1OCc1cccc2ccccc12. The fourth-order valence-electron chi connectivity index (χ4n) is 3.23. The van der Waals surface area contributed by atoms with Gasteiger partial charge in [0, 0.05) is 21.2 Å². The highest BCUT2D eigenvalue weighted by atomic mass is 35.5. The molecule has 30 heavy (non-hydrogen) atoms. The van der Waals surface area contributed by atoms with E-state index in [-0.39, 0.29) is 0 Å². The van der Waals surface area contributed by atoms with Crippen molar-refractivity contribution in [1.82, 2.24) is 5.43 Å².